The number of benzene rings is 1. The van der Waals surface area contributed by atoms with Crippen molar-refractivity contribution in [1.29, 1.82) is 0 Å². The highest BCUT2D eigenvalue weighted by molar-refractivity contribution is 5.46. The molecule has 0 fully saturated rings. The van der Waals surface area contributed by atoms with E-state index in [1.54, 1.807) is 13.8 Å². The summed E-state index contributed by atoms with van der Waals surface area (Å²) >= 11 is 0. The van der Waals surface area contributed by atoms with Gasteiger partial charge in [-0.25, -0.2) is 4.39 Å². The number of halogens is 1. The summed E-state index contributed by atoms with van der Waals surface area (Å²) in [4.78, 5) is 0. The first-order valence-electron chi connectivity index (χ1n) is 5.01. The third-order valence-corrected chi connectivity index (χ3v) is 2.20. The second-order valence-electron chi connectivity index (χ2n) is 4.25. The first kappa shape index (κ1) is 12.8. The maximum Gasteiger partial charge on any atom is 0.165 e. The molecule has 1 N–H and O–H groups in total. The molecule has 0 aliphatic rings. The van der Waals surface area contributed by atoms with Crippen molar-refractivity contribution in [3.8, 4) is 11.5 Å². The van der Waals surface area contributed by atoms with Gasteiger partial charge in [-0.1, -0.05) is 0 Å². The van der Waals surface area contributed by atoms with Crippen LogP contribution in [0.1, 0.15) is 19.4 Å². The summed E-state index contributed by atoms with van der Waals surface area (Å²) in [6.45, 7) is 3.30. The van der Waals surface area contributed by atoms with E-state index in [0.717, 1.165) is 0 Å². The first-order valence-corrected chi connectivity index (χ1v) is 5.01. The van der Waals surface area contributed by atoms with Gasteiger partial charge in [0.15, 0.2) is 11.6 Å². The summed E-state index contributed by atoms with van der Waals surface area (Å²) in [6, 6.07) is 2.81. The summed E-state index contributed by atoms with van der Waals surface area (Å²) in [6.07, 6.45) is 0.261. The van der Waals surface area contributed by atoms with Crippen molar-refractivity contribution in [2.24, 2.45) is 0 Å². The van der Waals surface area contributed by atoms with E-state index in [1.165, 1.54) is 26.4 Å². The van der Waals surface area contributed by atoms with Crippen molar-refractivity contribution in [3.05, 3.63) is 23.5 Å². The monoisotopic (exact) mass is 228 g/mol. The minimum Gasteiger partial charge on any atom is -0.496 e. The lowest BCUT2D eigenvalue weighted by Crippen LogP contribution is -2.22. The lowest BCUT2D eigenvalue weighted by atomic mass is 9.97. The van der Waals surface area contributed by atoms with Crippen molar-refractivity contribution >= 4 is 0 Å². The highest BCUT2D eigenvalue weighted by atomic mass is 19.1. The van der Waals surface area contributed by atoms with Crippen molar-refractivity contribution in [2.45, 2.75) is 25.9 Å². The van der Waals surface area contributed by atoms with Crippen LogP contribution in [-0.2, 0) is 6.42 Å². The van der Waals surface area contributed by atoms with Gasteiger partial charge in [0.05, 0.1) is 19.8 Å². The highest BCUT2D eigenvalue weighted by Crippen LogP contribution is 2.33. The van der Waals surface area contributed by atoms with Crippen LogP contribution in [-0.4, -0.2) is 24.9 Å². The molecule has 0 aromatic heterocycles. The molecule has 0 saturated carbocycles. The van der Waals surface area contributed by atoms with Crippen LogP contribution in [0.25, 0.3) is 0 Å². The number of hydrogen-bond acceptors (Lipinski definition) is 3. The molecule has 3 nitrogen and oxygen atoms in total. The fourth-order valence-corrected chi connectivity index (χ4v) is 1.59. The van der Waals surface area contributed by atoms with Gasteiger partial charge in [0, 0.05) is 12.0 Å². The summed E-state index contributed by atoms with van der Waals surface area (Å²) in [5, 5.41) is 9.77. The molecule has 0 bridgehead atoms. The Labute approximate surface area is 94.8 Å². The largest absolute Gasteiger partial charge is 0.496 e. The lowest BCUT2D eigenvalue weighted by molar-refractivity contribution is 0.0793. The summed E-state index contributed by atoms with van der Waals surface area (Å²) in [5.41, 5.74) is -0.411. The molecule has 4 heteroatoms. The molecule has 0 aliphatic carbocycles. The van der Waals surface area contributed by atoms with Gasteiger partial charge >= 0.3 is 0 Å². The normalized spacial score (nSPS) is 11.4. The molecule has 0 spiro atoms. The maximum absolute atomic E-state index is 13.5. The van der Waals surface area contributed by atoms with Crippen LogP contribution in [0.15, 0.2) is 12.1 Å². The fraction of sp³-hybridized carbons (Fsp3) is 0.500. The van der Waals surface area contributed by atoms with E-state index < -0.39 is 11.4 Å². The van der Waals surface area contributed by atoms with Crippen LogP contribution in [0.5, 0.6) is 11.5 Å². The summed E-state index contributed by atoms with van der Waals surface area (Å²) in [7, 11) is 2.90. The van der Waals surface area contributed by atoms with Gasteiger partial charge in [-0.3, -0.25) is 0 Å². The average Bonchev–Trinajstić information content (AvgIpc) is 2.16. The van der Waals surface area contributed by atoms with Crippen LogP contribution in [0, 0.1) is 5.82 Å². The Hall–Kier alpha value is -1.29. The van der Waals surface area contributed by atoms with E-state index in [4.69, 9.17) is 9.47 Å². The summed E-state index contributed by atoms with van der Waals surface area (Å²) < 4.78 is 23.6. The number of methoxy groups -OCH3 is 2. The smallest absolute Gasteiger partial charge is 0.165 e. The molecule has 0 radical (unpaired) electrons. The standard InChI is InChI=1S/C12H17FO3/c1-12(2,14)7-8-10(15-3)6-5-9(13)11(8)16-4/h5-6,14H,7H2,1-4H3. The van der Waals surface area contributed by atoms with Crippen molar-refractivity contribution in [2.75, 3.05) is 14.2 Å². The Kier molecular flexibility index (Phi) is 3.75. The molecule has 0 unspecified atom stereocenters. The SMILES string of the molecule is COc1ccc(F)c(OC)c1CC(C)(C)O. The minimum atomic E-state index is -0.950. The second-order valence-corrected chi connectivity index (χ2v) is 4.25. The van der Waals surface area contributed by atoms with Crippen molar-refractivity contribution in [3.63, 3.8) is 0 Å². The fourth-order valence-electron chi connectivity index (χ4n) is 1.59. The topological polar surface area (TPSA) is 38.7 Å². The zero-order valence-electron chi connectivity index (χ0n) is 10.0. The van der Waals surface area contributed by atoms with Crippen molar-refractivity contribution < 1.29 is 19.0 Å². The average molecular weight is 228 g/mol. The lowest BCUT2D eigenvalue weighted by Gasteiger charge is -2.21. The Morgan fingerprint density at radius 3 is 2.31 bits per heavy atom. The van der Waals surface area contributed by atoms with Gasteiger partial charge in [-0.15, -0.1) is 0 Å². The molecular formula is C12H17FO3. The number of hydrogen-bond donors (Lipinski definition) is 1. The van der Waals surface area contributed by atoms with E-state index in [2.05, 4.69) is 0 Å². The van der Waals surface area contributed by atoms with Crippen molar-refractivity contribution in [1.82, 2.24) is 0 Å². The van der Waals surface area contributed by atoms with Crippen LogP contribution in [0.2, 0.25) is 0 Å². The minimum absolute atomic E-state index is 0.126. The predicted molar refractivity (Wildman–Crippen MR) is 59.5 cm³/mol. The second kappa shape index (κ2) is 4.70. The van der Waals surface area contributed by atoms with Gasteiger partial charge in [-0.2, -0.15) is 0 Å². The number of rotatable bonds is 4. The van der Waals surface area contributed by atoms with Crippen LogP contribution < -0.4 is 9.47 Å². The van der Waals surface area contributed by atoms with Crippen LogP contribution >= 0.6 is 0 Å². The Bertz CT molecular complexity index is 369. The Morgan fingerprint density at radius 2 is 1.88 bits per heavy atom. The van der Waals surface area contributed by atoms with Gasteiger partial charge in [0.1, 0.15) is 5.75 Å². The van der Waals surface area contributed by atoms with Gasteiger partial charge in [0.25, 0.3) is 0 Å². The molecule has 1 rings (SSSR count). The van der Waals surface area contributed by atoms with Gasteiger partial charge in [0.2, 0.25) is 0 Å². The third-order valence-electron chi connectivity index (χ3n) is 2.20. The molecule has 90 valence electrons. The molecule has 16 heavy (non-hydrogen) atoms. The molecule has 1 aromatic carbocycles. The highest BCUT2D eigenvalue weighted by Gasteiger charge is 2.22. The van der Waals surface area contributed by atoms with E-state index in [1.807, 2.05) is 0 Å². The molecule has 0 saturated heterocycles. The molecular weight excluding hydrogens is 211 g/mol. The van der Waals surface area contributed by atoms with E-state index in [0.29, 0.717) is 11.3 Å². The quantitative estimate of drug-likeness (QED) is 0.858. The zero-order chi connectivity index (χ0) is 12.3. The third kappa shape index (κ3) is 2.85. The molecule has 1 aromatic rings. The predicted octanol–water partition coefficient (Wildman–Crippen LogP) is 2.16. The molecule has 0 atom stereocenters. The summed E-state index contributed by atoms with van der Waals surface area (Å²) in [5.74, 6) is 0.185. The van der Waals surface area contributed by atoms with E-state index >= 15 is 0 Å². The Balaban J connectivity index is 3.25. The van der Waals surface area contributed by atoms with Gasteiger partial charge < -0.3 is 14.6 Å². The van der Waals surface area contributed by atoms with Gasteiger partial charge in [-0.05, 0) is 26.0 Å². The first-order chi connectivity index (χ1) is 7.39. The van der Waals surface area contributed by atoms with Crippen LogP contribution in [0.4, 0.5) is 4.39 Å². The molecule has 0 amide bonds. The van der Waals surface area contributed by atoms with Crippen LogP contribution in [0.3, 0.4) is 0 Å². The zero-order valence-corrected chi connectivity index (χ0v) is 10.0. The van der Waals surface area contributed by atoms with E-state index in [9.17, 15) is 9.50 Å². The Morgan fingerprint density at radius 1 is 1.25 bits per heavy atom. The number of aliphatic hydroxyl groups is 1. The molecule has 0 heterocycles. The molecule has 0 aliphatic heterocycles. The maximum atomic E-state index is 13.5. The van der Waals surface area contributed by atoms with E-state index in [-0.39, 0.29) is 12.2 Å². The number of ether oxygens (including phenoxy) is 2.